The summed E-state index contributed by atoms with van der Waals surface area (Å²) < 4.78 is 11.6. The molecule has 0 spiro atoms. The number of allylic oxidation sites excluding steroid dienone is 1. The maximum Gasteiger partial charge on any atom is 0.126 e. The highest BCUT2D eigenvalue weighted by atomic mass is 35.5. The molecule has 0 saturated carbocycles. The van der Waals surface area contributed by atoms with Gasteiger partial charge in [0.1, 0.15) is 24.7 Å². The first kappa shape index (κ1) is 22.1. The summed E-state index contributed by atoms with van der Waals surface area (Å²) in [6.07, 6.45) is 1.69. The zero-order valence-electron chi connectivity index (χ0n) is 16.2. The lowest BCUT2D eigenvalue weighted by Gasteiger charge is -2.12. The maximum atomic E-state index is 9.65. The second-order valence-electron chi connectivity index (χ2n) is 6.49. The van der Waals surface area contributed by atoms with Crippen LogP contribution in [0.4, 0.5) is 0 Å². The monoisotopic (exact) mass is 457 g/mol. The first-order chi connectivity index (χ1) is 14.5. The first-order valence-corrected chi connectivity index (χ1v) is 10.3. The molecule has 0 aromatic heterocycles. The van der Waals surface area contributed by atoms with Crippen molar-refractivity contribution in [1.82, 2.24) is 0 Å². The van der Waals surface area contributed by atoms with Gasteiger partial charge in [-0.2, -0.15) is 5.26 Å². The van der Waals surface area contributed by atoms with Gasteiger partial charge in [-0.15, -0.1) is 0 Å². The van der Waals surface area contributed by atoms with Crippen LogP contribution in [0.15, 0.2) is 60.7 Å². The summed E-state index contributed by atoms with van der Waals surface area (Å²) in [5.41, 5.74) is 2.79. The van der Waals surface area contributed by atoms with Crippen molar-refractivity contribution in [3.63, 3.8) is 0 Å². The molecule has 0 fully saturated rings. The van der Waals surface area contributed by atoms with Crippen LogP contribution in [-0.4, -0.2) is 13.2 Å². The zero-order valence-corrected chi connectivity index (χ0v) is 18.4. The Balaban J connectivity index is 1.76. The van der Waals surface area contributed by atoms with E-state index in [1.807, 2.05) is 31.2 Å². The third-order valence-corrected chi connectivity index (χ3v) is 5.03. The van der Waals surface area contributed by atoms with Gasteiger partial charge in [-0.05, 0) is 55.5 Å². The number of hydrogen-bond donors (Lipinski definition) is 0. The van der Waals surface area contributed by atoms with E-state index < -0.39 is 0 Å². The Bertz CT molecular complexity index is 1100. The van der Waals surface area contributed by atoms with Crippen molar-refractivity contribution in [1.29, 1.82) is 5.26 Å². The molecule has 0 aliphatic rings. The van der Waals surface area contributed by atoms with Crippen LogP contribution in [0.25, 0.3) is 11.6 Å². The molecule has 0 N–H and O–H groups in total. The number of nitriles is 1. The van der Waals surface area contributed by atoms with Crippen molar-refractivity contribution in [2.24, 2.45) is 0 Å². The van der Waals surface area contributed by atoms with E-state index in [2.05, 4.69) is 6.07 Å². The van der Waals surface area contributed by atoms with Crippen molar-refractivity contribution >= 4 is 46.5 Å². The number of aryl methyl sites for hydroxylation is 1. The van der Waals surface area contributed by atoms with E-state index in [0.29, 0.717) is 50.7 Å². The molecular formula is C24H18Cl3NO2. The molecule has 0 aliphatic carbocycles. The van der Waals surface area contributed by atoms with Crippen molar-refractivity contribution in [3.8, 4) is 17.6 Å². The Kier molecular flexibility index (Phi) is 7.65. The molecule has 0 saturated heterocycles. The van der Waals surface area contributed by atoms with Gasteiger partial charge in [0.25, 0.3) is 0 Å². The van der Waals surface area contributed by atoms with Crippen LogP contribution in [0.2, 0.25) is 15.1 Å². The number of nitrogens with zero attached hydrogens (tertiary/aromatic N) is 1. The standard InChI is InChI=1S/C24H18Cl3NO2/c1-16-2-6-21(7-3-16)29-10-11-30-24-9-5-19(25)13-17(24)12-18(15-28)22-8-4-20(26)14-23(22)27/h2-9,12-14H,10-11H2,1H3. The van der Waals surface area contributed by atoms with Crippen molar-refractivity contribution in [2.75, 3.05) is 13.2 Å². The number of rotatable bonds is 7. The van der Waals surface area contributed by atoms with E-state index in [1.165, 1.54) is 5.56 Å². The quantitative estimate of drug-likeness (QED) is 0.209. The van der Waals surface area contributed by atoms with E-state index in [-0.39, 0.29) is 0 Å². The van der Waals surface area contributed by atoms with Gasteiger partial charge >= 0.3 is 0 Å². The fraction of sp³-hybridized carbons (Fsp3) is 0.125. The number of ether oxygens (including phenoxy) is 2. The molecule has 0 heterocycles. The fourth-order valence-electron chi connectivity index (χ4n) is 2.74. The Labute approximate surface area is 191 Å². The third-order valence-electron chi connectivity index (χ3n) is 4.24. The molecule has 30 heavy (non-hydrogen) atoms. The summed E-state index contributed by atoms with van der Waals surface area (Å²) in [4.78, 5) is 0. The van der Waals surface area contributed by atoms with E-state index >= 15 is 0 Å². The smallest absolute Gasteiger partial charge is 0.126 e. The predicted octanol–water partition coefficient (Wildman–Crippen LogP) is 7.48. The lowest BCUT2D eigenvalue weighted by Crippen LogP contribution is -2.09. The maximum absolute atomic E-state index is 9.65. The van der Waals surface area contributed by atoms with Gasteiger partial charge in [0, 0.05) is 21.2 Å². The van der Waals surface area contributed by atoms with Crippen LogP contribution in [0.5, 0.6) is 11.5 Å². The van der Waals surface area contributed by atoms with Gasteiger partial charge in [-0.1, -0.05) is 58.6 Å². The Morgan fingerprint density at radius 3 is 2.27 bits per heavy atom. The SMILES string of the molecule is Cc1ccc(OCCOc2ccc(Cl)cc2C=C(C#N)c2ccc(Cl)cc2Cl)cc1. The highest BCUT2D eigenvalue weighted by molar-refractivity contribution is 6.36. The normalized spacial score (nSPS) is 11.1. The van der Waals surface area contributed by atoms with Crippen molar-refractivity contribution < 1.29 is 9.47 Å². The third kappa shape index (κ3) is 5.93. The van der Waals surface area contributed by atoms with E-state index in [4.69, 9.17) is 44.3 Å². The van der Waals surface area contributed by atoms with Gasteiger partial charge in [0.05, 0.1) is 16.7 Å². The van der Waals surface area contributed by atoms with Crippen LogP contribution in [0.3, 0.4) is 0 Å². The molecule has 0 radical (unpaired) electrons. The molecule has 3 aromatic carbocycles. The minimum atomic E-state index is 0.333. The van der Waals surface area contributed by atoms with E-state index in [9.17, 15) is 5.26 Å². The summed E-state index contributed by atoms with van der Waals surface area (Å²) in [5.74, 6) is 1.37. The molecule has 0 atom stereocenters. The molecule has 152 valence electrons. The molecule has 3 nitrogen and oxygen atoms in total. The summed E-state index contributed by atoms with van der Waals surface area (Å²) in [6.45, 7) is 2.73. The highest BCUT2D eigenvalue weighted by Gasteiger charge is 2.10. The summed E-state index contributed by atoms with van der Waals surface area (Å²) in [5, 5.41) is 11.1. The minimum Gasteiger partial charge on any atom is -0.490 e. The second-order valence-corrected chi connectivity index (χ2v) is 7.77. The van der Waals surface area contributed by atoms with Crippen molar-refractivity contribution in [3.05, 3.63) is 92.4 Å². The summed E-state index contributed by atoms with van der Waals surface area (Å²) in [6, 6.07) is 20.2. The Hall–Kier alpha value is -2.64. The molecule has 0 bridgehead atoms. The van der Waals surface area contributed by atoms with Crippen LogP contribution in [0.1, 0.15) is 16.7 Å². The van der Waals surface area contributed by atoms with E-state index in [1.54, 1.807) is 42.5 Å². The van der Waals surface area contributed by atoms with E-state index in [0.717, 1.165) is 5.75 Å². The van der Waals surface area contributed by atoms with Crippen molar-refractivity contribution in [2.45, 2.75) is 6.92 Å². The van der Waals surface area contributed by atoms with Gasteiger partial charge < -0.3 is 9.47 Å². The average Bonchev–Trinajstić information content (AvgIpc) is 2.72. The van der Waals surface area contributed by atoms with Crippen LogP contribution in [-0.2, 0) is 0 Å². The Morgan fingerprint density at radius 2 is 1.57 bits per heavy atom. The fourth-order valence-corrected chi connectivity index (χ4v) is 3.43. The molecule has 0 unspecified atom stereocenters. The molecule has 3 rings (SSSR count). The average molecular weight is 459 g/mol. The largest absolute Gasteiger partial charge is 0.490 e. The number of hydrogen-bond acceptors (Lipinski definition) is 3. The molecule has 0 aliphatic heterocycles. The predicted molar refractivity (Wildman–Crippen MR) is 124 cm³/mol. The first-order valence-electron chi connectivity index (χ1n) is 9.15. The van der Waals surface area contributed by atoms with Crippen LogP contribution < -0.4 is 9.47 Å². The highest BCUT2D eigenvalue weighted by Crippen LogP contribution is 2.31. The Morgan fingerprint density at radius 1 is 0.900 bits per heavy atom. The summed E-state index contributed by atoms with van der Waals surface area (Å²) in [7, 11) is 0. The molecule has 6 heteroatoms. The van der Waals surface area contributed by atoms with Gasteiger partial charge in [0.15, 0.2) is 0 Å². The zero-order chi connectivity index (χ0) is 21.5. The lowest BCUT2D eigenvalue weighted by molar-refractivity contribution is 0.217. The lowest BCUT2D eigenvalue weighted by atomic mass is 10.0. The number of halogens is 3. The van der Waals surface area contributed by atoms with Crippen LogP contribution >= 0.6 is 34.8 Å². The van der Waals surface area contributed by atoms with Crippen LogP contribution in [0, 0.1) is 18.3 Å². The van der Waals surface area contributed by atoms with Gasteiger partial charge in [-0.25, -0.2) is 0 Å². The molecular weight excluding hydrogens is 441 g/mol. The topological polar surface area (TPSA) is 42.2 Å². The number of benzene rings is 3. The summed E-state index contributed by atoms with van der Waals surface area (Å²) >= 11 is 18.4. The minimum absolute atomic E-state index is 0.333. The van der Waals surface area contributed by atoms with Gasteiger partial charge in [-0.3, -0.25) is 0 Å². The molecule has 3 aromatic rings. The second kappa shape index (κ2) is 10.4. The van der Waals surface area contributed by atoms with Gasteiger partial charge in [0.2, 0.25) is 0 Å². The molecule has 0 amide bonds.